The van der Waals surface area contributed by atoms with Crippen molar-refractivity contribution < 1.29 is 17.2 Å². The van der Waals surface area contributed by atoms with Crippen molar-refractivity contribution in [2.24, 2.45) is 5.41 Å². The van der Waals surface area contributed by atoms with Gasteiger partial charge in [-0.2, -0.15) is 5.10 Å². The molecule has 39 heavy (non-hydrogen) atoms. The normalized spacial score (nSPS) is 23.6. The van der Waals surface area contributed by atoms with E-state index in [9.17, 15) is 12.8 Å². The van der Waals surface area contributed by atoms with E-state index in [1.807, 2.05) is 23.9 Å². The summed E-state index contributed by atoms with van der Waals surface area (Å²) in [6.07, 6.45) is 6.41. The van der Waals surface area contributed by atoms with E-state index in [1.165, 1.54) is 17.7 Å². The van der Waals surface area contributed by atoms with Crippen molar-refractivity contribution in [1.82, 2.24) is 9.78 Å². The minimum absolute atomic E-state index is 0.0366. The zero-order valence-corrected chi connectivity index (χ0v) is 25.6. The van der Waals surface area contributed by atoms with Gasteiger partial charge in [-0.15, -0.1) is 0 Å². The van der Waals surface area contributed by atoms with Gasteiger partial charge in [-0.3, -0.25) is 0 Å². The summed E-state index contributed by atoms with van der Waals surface area (Å²) in [5, 5.41) is 4.70. The summed E-state index contributed by atoms with van der Waals surface area (Å²) in [5.41, 5.74) is 3.61. The molecule has 3 aromatic rings. The Hall–Kier alpha value is -2.55. The molecule has 2 aromatic carbocycles. The lowest BCUT2D eigenvalue weighted by molar-refractivity contribution is 0.120. The van der Waals surface area contributed by atoms with Gasteiger partial charge in [0.25, 0.3) is 0 Å². The Bertz CT molecular complexity index is 1510. The number of fused-ring (bicyclic) bond motifs is 2. The van der Waals surface area contributed by atoms with Gasteiger partial charge >= 0.3 is 0 Å². The van der Waals surface area contributed by atoms with Crippen LogP contribution in [0.3, 0.4) is 0 Å². The maximum atomic E-state index is 14.0. The molecule has 1 fully saturated rings. The van der Waals surface area contributed by atoms with E-state index in [0.29, 0.717) is 37.2 Å². The summed E-state index contributed by atoms with van der Waals surface area (Å²) in [4.78, 5) is 0.376. The average molecular weight is 567 g/mol. The van der Waals surface area contributed by atoms with Crippen LogP contribution in [0, 0.1) is 11.2 Å². The number of sulfone groups is 1. The molecule has 0 saturated heterocycles. The van der Waals surface area contributed by atoms with Gasteiger partial charge in [0.05, 0.1) is 27.2 Å². The molecule has 0 radical (unpaired) electrons. The molecule has 2 atom stereocenters. The van der Waals surface area contributed by atoms with Gasteiger partial charge < -0.3 is 4.43 Å². The number of hydrogen-bond donors (Lipinski definition) is 0. The monoisotopic (exact) mass is 566 g/mol. The first-order chi connectivity index (χ1) is 18.2. The minimum atomic E-state index is -3.58. The summed E-state index contributed by atoms with van der Waals surface area (Å²) in [6.45, 7) is 13.6. The Kier molecular flexibility index (Phi) is 6.84. The number of nitrogens with zero attached hydrogens (tertiary/aromatic N) is 2. The minimum Gasteiger partial charge on any atom is -0.416 e. The zero-order valence-electron chi connectivity index (χ0n) is 23.8. The Morgan fingerprint density at radius 1 is 1.08 bits per heavy atom. The van der Waals surface area contributed by atoms with Crippen LogP contribution in [-0.4, -0.2) is 37.9 Å². The molecular formula is C31H39FN2O3SSi. The Labute approximate surface area is 233 Å². The second kappa shape index (κ2) is 9.53. The van der Waals surface area contributed by atoms with Gasteiger partial charge in [-0.25, -0.2) is 17.5 Å². The van der Waals surface area contributed by atoms with Crippen molar-refractivity contribution in [2.45, 2.75) is 81.2 Å². The third-order valence-corrected chi connectivity index (χ3v) is 16.3. The molecular weight excluding hydrogens is 528 g/mol. The van der Waals surface area contributed by atoms with Gasteiger partial charge in [0, 0.05) is 12.0 Å². The smallest absolute Gasteiger partial charge is 0.192 e. The number of benzene rings is 2. The van der Waals surface area contributed by atoms with Gasteiger partial charge in [0.1, 0.15) is 5.82 Å². The van der Waals surface area contributed by atoms with E-state index >= 15 is 0 Å². The average Bonchev–Trinajstić information content (AvgIpc) is 3.28. The molecule has 5 nitrogen and oxygen atoms in total. The van der Waals surface area contributed by atoms with Crippen molar-refractivity contribution in [2.75, 3.05) is 6.61 Å². The molecule has 1 heterocycles. The van der Waals surface area contributed by atoms with Crippen LogP contribution in [0.1, 0.15) is 58.2 Å². The lowest BCUT2D eigenvalue weighted by Crippen LogP contribution is -2.52. The largest absolute Gasteiger partial charge is 0.416 e. The molecule has 2 aliphatic carbocycles. The molecule has 0 aliphatic heterocycles. The van der Waals surface area contributed by atoms with Crippen LogP contribution in [0.15, 0.2) is 71.3 Å². The fourth-order valence-corrected chi connectivity index (χ4v) is 8.82. The molecule has 1 aromatic heterocycles. The third kappa shape index (κ3) is 4.85. The predicted molar refractivity (Wildman–Crippen MR) is 157 cm³/mol. The number of rotatable bonds is 6. The fourth-order valence-electron chi connectivity index (χ4n) is 5.83. The topological polar surface area (TPSA) is 61.2 Å². The summed E-state index contributed by atoms with van der Waals surface area (Å²) < 4.78 is 49.5. The van der Waals surface area contributed by atoms with Crippen LogP contribution in [0.5, 0.6) is 0 Å². The quantitative estimate of drug-likeness (QED) is 0.292. The molecule has 2 unspecified atom stereocenters. The zero-order chi connectivity index (χ0) is 28.3. The molecule has 1 saturated carbocycles. The van der Waals surface area contributed by atoms with Crippen LogP contribution < -0.4 is 0 Å². The van der Waals surface area contributed by atoms with Gasteiger partial charge in [0.15, 0.2) is 18.2 Å². The highest BCUT2D eigenvalue weighted by molar-refractivity contribution is 7.92. The summed E-state index contributed by atoms with van der Waals surface area (Å²) in [7, 11) is -5.68. The van der Waals surface area contributed by atoms with Crippen LogP contribution in [0.25, 0.3) is 11.8 Å². The molecule has 0 N–H and O–H groups in total. The van der Waals surface area contributed by atoms with Gasteiger partial charge in [0.2, 0.25) is 0 Å². The van der Waals surface area contributed by atoms with Crippen molar-refractivity contribution in [1.29, 1.82) is 0 Å². The summed E-state index contributed by atoms with van der Waals surface area (Å²) >= 11 is 0. The first-order valence-corrected chi connectivity index (χ1v) is 18.0. The molecule has 0 bridgehead atoms. The summed E-state index contributed by atoms with van der Waals surface area (Å²) in [6, 6.07) is 15.2. The van der Waals surface area contributed by atoms with E-state index < -0.39 is 28.3 Å². The van der Waals surface area contributed by atoms with E-state index in [-0.39, 0.29) is 10.9 Å². The standard InChI is InChI=1S/C31H39FN2O3SSi/c1-29(2,3)39(5,6)37-22-31-19-23-20-33-34(26-14-12-25(32)13-15-26)28(23)18-24(31)16-17-30(4,21-31)38(35,36)27-10-8-7-9-11-27/h7-15,18,20H,16-17,19,21-22H2,1-6H3. The van der Waals surface area contributed by atoms with E-state index in [4.69, 9.17) is 4.43 Å². The van der Waals surface area contributed by atoms with Crippen molar-refractivity contribution >= 4 is 24.2 Å². The predicted octanol–water partition coefficient (Wildman–Crippen LogP) is 7.38. The van der Waals surface area contributed by atoms with Crippen LogP contribution in [0.2, 0.25) is 18.1 Å². The number of hydrogen-bond acceptors (Lipinski definition) is 4. The molecule has 8 heteroatoms. The molecule has 208 valence electrons. The van der Waals surface area contributed by atoms with Gasteiger partial charge in [-0.1, -0.05) is 44.5 Å². The highest BCUT2D eigenvalue weighted by atomic mass is 32.2. The molecule has 0 amide bonds. The Morgan fingerprint density at radius 3 is 2.38 bits per heavy atom. The summed E-state index contributed by atoms with van der Waals surface area (Å²) in [5.74, 6) is -0.286. The first kappa shape index (κ1) is 28.0. The lowest BCUT2D eigenvalue weighted by atomic mass is 9.62. The van der Waals surface area contributed by atoms with Crippen molar-refractivity contribution in [3.8, 4) is 5.69 Å². The molecule has 2 aliphatic rings. The molecule has 5 rings (SSSR count). The van der Waals surface area contributed by atoms with E-state index in [0.717, 1.165) is 16.9 Å². The maximum Gasteiger partial charge on any atom is 0.192 e. The third-order valence-electron chi connectivity index (χ3n) is 9.33. The SMILES string of the molecule is CC(C)(C)[Si](C)(C)OCC12Cc3cnn(-c4ccc(F)cc4)c3C=C1CCC(C)(S(=O)(=O)c1ccccc1)C2. The maximum absolute atomic E-state index is 14.0. The fraction of sp³-hybridized carbons (Fsp3) is 0.452. The first-order valence-electron chi connectivity index (χ1n) is 13.7. The van der Waals surface area contributed by atoms with E-state index in [1.54, 1.807) is 36.4 Å². The van der Waals surface area contributed by atoms with Crippen LogP contribution in [-0.2, 0) is 20.7 Å². The Morgan fingerprint density at radius 2 is 1.74 bits per heavy atom. The lowest BCUT2D eigenvalue weighted by Gasteiger charge is -2.50. The Balaban J connectivity index is 1.58. The number of aromatic nitrogens is 2. The number of halogens is 1. The second-order valence-corrected chi connectivity index (χ2v) is 20.3. The highest BCUT2D eigenvalue weighted by Gasteiger charge is 2.54. The van der Waals surface area contributed by atoms with Crippen LogP contribution in [0.4, 0.5) is 4.39 Å². The van der Waals surface area contributed by atoms with Crippen LogP contribution >= 0.6 is 0 Å². The molecule has 0 spiro atoms. The van der Waals surface area contributed by atoms with Crippen molar-refractivity contribution in [3.63, 3.8) is 0 Å². The second-order valence-electron chi connectivity index (χ2n) is 13.1. The van der Waals surface area contributed by atoms with E-state index in [2.05, 4.69) is 45.0 Å². The van der Waals surface area contributed by atoms with Gasteiger partial charge in [-0.05, 0) is 98.8 Å². The highest BCUT2D eigenvalue weighted by Crippen LogP contribution is 2.55. The van der Waals surface area contributed by atoms with Crippen molar-refractivity contribution in [3.05, 3.63) is 83.4 Å².